The molecule has 1 aliphatic rings. The molecule has 2 rings (SSSR count). The molecule has 148 valence electrons. The van der Waals surface area contributed by atoms with E-state index in [1.54, 1.807) is 18.9 Å². The van der Waals surface area contributed by atoms with Crippen molar-refractivity contribution in [1.82, 2.24) is 5.32 Å². The third-order valence-electron chi connectivity index (χ3n) is 3.54. The lowest BCUT2D eigenvalue weighted by atomic mass is 10.0. The van der Waals surface area contributed by atoms with Crippen LogP contribution in [0.25, 0.3) is 0 Å². The molecule has 0 aliphatic carbocycles. The van der Waals surface area contributed by atoms with Crippen LogP contribution < -0.4 is 10.2 Å². The van der Waals surface area contributed by atoms with Gasteiger partial charge in [0.1, 0.15) is 0 Å². The Hall–Kier alpha value is -1.82. The number of para-hydroxylation sites is 1. The van der Waals surface area contributed by atoms with Crippen LogP contribution in [0, 0.1) is 12.8 Å². The van der Waals surface area contributed by atoms with Gasteiger partial charge in [0.25, 0.3) is 0 Å². The molecular weight excluding hydrogens is 348 g/mol. The average molecular weight is 383 g/mol. The molecule has 1 N–H and O–H groups in total. The van der Waals surface area contributed by atoms with Crippen LogP contribution in [0.4, 0.5) is 5.69 Å². The van der Waals surface area contributed by atoms with E-state index >= 15 is 0 Å². The molecule has 1 atom stereocenters. The number of carbonyl (C=O) groups is 3. The second-order valence-electron chi connectivity index (χ2n) is 5.37. The van der Waals surface area contributed by atoms with Gasteiger partial charge in [-0.05, 0) is 25.0 Å². The van der Waals surface area contributed by atoms with Gasteiger partial charge >= 0.3 is 0 Å². The van der Waals surface area contributed by atoms with Crippen molar-refractivity contribution in [3.8, 4) is 0 Å². The highest BCUT2D eigenvalue weighted by Gasteiger charge is 2.21. The number of thiol groups is 1. The molecule has 1 heterocycles. The number of nitrogens with one attached hydrogen (secondary N) is 1. The summed E-state index contributed by atoms with van der Waals surface area (Å²) in [7, 11) is 1.75. The summed E-state index contributed by atoms with van der Waals surface area (Å²) in [6.45, 7) is 13.3. The molecule has 1 fully saturated rings. The molecule has 1 unspecified atom stereocenters. The summed E-state index contributed by atoms with van der Waals surface area (Å²) >= 11 is 4.31. The third kappa shape index (κ3) is 9.04. The first-order valence-corrected chi connectivity index (χ1v) is 9.55. The Balaban J connectivity index is 0. The van der Waals surface area contributed by atoms with Crippen LogP contribution in [0.1, 0.15) is 59.9 Å². The monoisotopic (exact) mass is 382 g/mol. The van der Waals surface area contributed by atoms with Crippen molar-refractivity contribution in [1.29, 1.82) is 0 Å². The van der Waals surface area contributed by atoms with E-state index < -0.39 is 0 Å². The Bertz CT molecular complexity index is 568. The standard InChI is InChI=1S/C10H13NOS.C6H9NO2.2C2H6/c1-7-5-4-6-9(13)10(7)11(3)8(2)12;1-4-2-3-5(8)7-6(4)9;2*1-2/h4-6,13H,1-3H3;4H,2-3H2,1H3,(H,7,8,9);2*1-2H3. The predicted molar refractivity (Wildman–Crippen MR) is 112 cm³/mol. The highest BCUT2D eigenvalue weighted by molar-refractivity contribution is 7.80. The van der Waals surface area contributed by atoms with Crippen LogP contribution in [-0.4, -0.2) is 24.8 Å². The Morgan fingerprint density at radius 1 is 1.19 bits per heavy atom. The molecule has 3 amide bonds. The van der Waals surface area contributed by atoms with Crippen LogP contribution in [0.15, 0.2) is 23.1 Å². The maximum Gasteiger partial charge on any atom is 0.229 e. The summed E-state index contributed by atoms with van der Waals surface area (Å²) in [5, 5.41) is 2.25. The van der Waals surface area contributed by atoms with Gasteiger partial charge in [0, 0.05) is 31.2 Å². The lowest BCUT2D eigenvalue weighted by Gasteiger charge is -2.19. The first-order valence-electron chi connectivity index (χ1n) is 9.10. The zero-order chi connectivity index (χ0) is 20.9. The molecule has 0 spiro atoms. The van der Waals surface area contributed by atoms with Crippen molar-refractivity contribution in [2.45, 2.75) is 66.2 Å². The minimum absolute atomic E-state index is 0.0164. The van der Waals surface area contributed by atoms with E-state index in [0.717, 1.165) is 16.1 Å². The molecule has 0 bridgehead atoms. The topological polar surface area (TPSA) is 66.5 Å². The van der Waals surface area contributed by atoms with Crippen LogP contribution >= 0.6 is 12.6 Å². The normalized spacial score (nSPS) is 15.0. The quantitative estimate of drug-likeness (QED) is 0.559. The summed E-state index contributed by atoms with van der Waals surface area (Å²) in [6.07, 6.45) is 1.19. The zero-order valence-corrected chi connectivity index (χ0v) is 18.2. The fourth-order valence-corrected chi connectivity index (χ4v) is 2.45. The smallest absolute Gasteiger partial charge is 0.229 e. The van der Waals surface area contributed by atoms with Crippen molar-refractivity contribution in [3.05, 3.63) is 23.8 Å². The number of anilines is 1. The molecule has 26 heavy (non-hydrogen) atoms. The Labute approximate surface area is 164 Å². The number of hydrogen-bond acceptors (Lipinski definition) is 4. The molecule has 6 heteroatoms. The summed E-state index contributed by atoms with van der Waals surface area (Å²) in [5.41, 5.74) is 1.95. The summed E-state index contributed by atoms with van der Waals surface area (Å²) in [6, 6.07) is 5.77. The van der Waals surface area contributed by atoms with E-state index in [1.165, 1.54) is 0 Å². The Kier molecular flexibility index (Phi) is 14.6. The van der Waals surface area contributed by atoms with E-state index in [4.69, 9.17) is 0 Å². The fourth-order valence-electron chi connectivity index (χ4n) is 2.04. The molecule has 0 saturated carbocycles. The third-order valence-corrected chi connectivity index (χ3v) is 3.90. The summed E-state index contributed by atoms with van der Waals surface area (Å²) < 4.78 is 0. The first-order chi connectivity index (χ1) is 12.2. The second-order valence-corrected chi connectivity index (χ2v) is 5.85. The molecular formula is C20H34N2O3S. The molecule has 1 aliphatic heterocycles. The SMILES string of the molecule is CC.CC.CC(=O)N(C)c1c(C)cccc1S.CC1CCC(=O)NC1=O. The summed E-state index contributed by atoms with van der Waals surface area (Å²) in [5.74, 6) is -0.239. The first kappa shape index (κ1) is 26.4. The lowest BCUT2D eigenvalue weighted by molar-refractivity contribution is -0.135. The van der Waals surface area contributed by atoms with Gasteiger partial charge in [-0.1, -0.05) is 46.8 Å². The largest absolute Gasteiger partial charge is 0.314 e. The van der Waals surface area contributed by atoms with Crippen molar-refractivity contribution in [2.75, 3.05) is 11.9 Å². The number of carbonyl (C=O) groups excluding carboxylic acids is 3. The Morgan fingerprint density at radius 2 is 1.73 bits per heavy atom. The second kappa shape index (κ2) is 14.4. The van der Waals surface area contributed by atoms with E-state index in [1.807, 2.05) is 59.7 Å². The molecule has 0 radical (unpaired) electrons. The maximum absolute atomic E-state index is 11.1. The molecule has 1 saturated heterocycles. The van der Waals surface area contributed by atoms with Gasteiger partial charge < -0.3 is 4.90 Å². The number of rotatable bonds is 1. The van der Waals surface area contributed by atoms with E-state index in [9.17, 15) is 14.4 Å². The minimum Gasteiger partial charge on any atom is -0.314 e. The highest BCUT2D eigenvalue weighted by atomic mass is 32.1. The molecule has 1 aromatic rings. The zero-order valence-electron chi connectivity index (χ0n) is 17.3. The molecule has 1 aromatic carbocycles. The van der Waals surface area contributed by atoms with Crippen molar-refractivity contribution < 1.29 is 14.4 Å². The number of hydrogen-bond donors (Lipinski definition) is 2. The van der Waals surface area contributed by atoms with Crippen molar-refractivity contribution in [3.63, 3.8) is 0 Å². The van der Waals surface area contributed by atoms with Crippen molar-refractivity contribution >= 4 is 36.0 Å². The summed E-state index contributed by atoms with van der Waals surface area (Å²) in [4.78, 5) is 34.7. The number of amides is 3. The van der Waals surface area contributed by atoms with Gasteiger partial charge in [-0.25, -0.2) is 0 Å². The van der Waals surface area contributed by atoms with Gasteiger partial charge in [-0.3, -0.25) is 19.7 Å². The van der Waals surface area contributed by atoms with Gasteiger partial charge in [-0.15, -0.1) is 12.6 Å². The lowest BCUT2D eigenvalue weighted by Crippen LogP contribution is -2.39. The number of aryl methyl sites for hydroxylation is 1. The molecule has 5 nitrogen and oxygen atoms in total. The van der Waals surface area contributed by atoms with Crippen molar-refractivity contribution in [2.24, 2.45) is 5.92 Å². The number of piperidine rings is 1. The number of nitrogens with zero attached hydrogens (tertiary/aromatic N) is 1. The van der Waals surface area contributed by atoms with Crippen LogP contribution in [0.5, 0.6) is 0 Å². The number of imide groups is 1. The van der Waals surface area contributed by atoms with E-state index in [0.29, 0.717) is 12.8 Å². The fraction of sp³-hybridized carbons (Fsp3) is 0.550. The van der Waals surface area contributed by atoms with Gasteiger partial charge in [-0.2, -0.15) is 0 Å². The van der Waals surface area contributed by atoms with Gasteiger partial charge in [0.05, 0.1) is 5.69 Å². The predicted octanol–water partition coefficient (Wildman–Crippen LogP) is 4.38. The Morgan fingerprint density at radius 3 is 2.12 bits per heavy atom. The molecule has 0 aromatic heterocycles. The van der Waals surface area contributed by atoms with E-state index in [-0.39, 0.29) is 23.6 Å². The van der Waals surface area contributed by atoms with Crippen LogP contribution in [-0.2, 0) is 14.4 Å². The van der Waals surface area contributed by atoms with E-state index in [2.05, 4.69) is 17.9 Å². The maximum atomic E-state index is 11.1. The van der Waals surface area contributed by atoms with Crippen LogP contribution in [0.3, 0.4) is 0 Å². The van der Waals surface area contributed by atoms with Gasteiger partial charge in [0.2, 0.25) is 17.7 Å². The number of benzene rings is 1. The minimum atomic E-state index is -0.141. The van der Waals surface area contributed by atoms with Gasteiger partial charge in [0.15, 0.2) is 0 Å². The average Bonchev–Trinajstić information content (AvgIpc) is 2.62. The van der Waals surface area contributed by atoms with Crippen LogP contribution in [0.2, 0.25) is 0 Å². The highest BCUT2D eigenvalue weighted by Crippen LogP contribution is 2.26.